The van der Waals surface area contributed by atoms with Gasteiger partial charge in [-0.3, -0.25) is 4.98 Å². The van der Waals surface area contributed by atoms with Crippen molar-refractivity contribution >= 4 is 22.9 Å². The van der Waals surface area contributed by atoms with Crippen LogP contribution in [-0.4, -0.2) is 18.1 Å². The molecule has 1 heterocycles. The minimum absolute atomic E-state index is 0.425. The topological polar surface area (TPSA) is 24.9 Å². The average Bonchev–Trinajstić information content (AvgIpc) is 2.81. The number of nitrogens with one attached hydrogen (secondary N) is 1. The molecule has 0 spiro atoms. The van der Waals surface area contributed by atoms with Gasteiger partial charge in [-0.15, -0.1) is 11.3 Å². The summed E-state index contributed by atoms with van der Waals surface area (Å²) in [7, 11) is 2.00. The van der Waals surface area contributed by atoms with E-state index in [-0.39, 0.29) is 0 Å². The zero-order chi connectivity index (χ0) is 12.1. The van der Waals surface area contributed by atoms with Crippen LogP contribution >= 0.6 is 22.9 Å². The van der Waals surface area contributed by atoms with Crippen molar-refractivity contribution in [1.29, 1.82) is 0 Å². The van der Waals surface area contributed by atoms with Crippen molar-refractivity contribution in [3.63, 3.8) is 0 Å². The van der Waals surface area contributed by atoms with Crippen molar-refractivity contribution in [2.24, 2.45) is 0 Å². The Morgan fingerprint density at radius 1 is 1.41 bits per heavy atom. The molecule has 1 unspecified atom stereocenters. The minimum Gasteiger partial charge on any atom is -0.316 e. The quantitative estimate of drug-likeness (QED) is 0.899. The van der Waals surface area contributed by atoms with E-state index in [9.17, 15) is 0 Å². The molecular formula is C13H15ClN2S. The van der Waals surface area contributed by atoms with Crippen molar-refractivity contribution in [2.45, 2.75) is 18.9 Å². The summed E-state index contributed by atoms with van der Waals surface area (Å²) in [5.74, 6) is 0. The van der Waals surface area contributed by atoms with Gasteiger partial charge < -0.3 is 5.32 Å². The van der Waals surface area contributed by atoms with Crippen LogP contribution in [-0.2, 0) is 12.8 Å². The first kappa shape index (κ1) is 12.6. The maximum atomic E-state index is 5.99. The maximum absolute atomic E-state index is 5.99. The first-order valence-corrected chi connectivity index (χ1v) is 6.83. The van der Waals surface area contributed by atoms with E-state index in [4.69, 9.17) is 11.6 Å². The lowest BCUT2D eigenvalue weighted by Gasteiger charge is -2.15. The number of thiazole rings is 1. The van der Waals surface area contributed by atoms with E-state index in [1.165, 1.54) is 10.4 Å². The molecule has 0 amide bonds. The predicted octanol–water partition coefficient (Wildman–Crippen LogP) is 3.17. The summed E-state index contributed by atoms with van der Waals surface area (Å²) in [6, 6.07) is 8.47. The number of nitrogens with zero attached hydrogens (tertiary/aromatic N) is 1. The molecule has 1 aromatic carbocycles. The summed E-state index contributed by atoms with van der Waals surface area (Å²) >= 11 is 7.69. The summed E-state index contributed by atoms with van der Waals surface area (Å²) in [5.41, 5.74) is 3.14. The van der Waals surface area contributed by atoms with Gasteiger partial charge in [0.25, 0.3) is 0 Å². The van der Waals surface area contributed by atoms with Crippen LogP contribution in [0.15, 0.2) is 36.0 Å². The highest BCUT2D eigenvalue weighted by molar-refractivity contribution is 7.09. The van der Waals surface area contributed by atoms with Gasteiger partial charge in [0, 0.05) is 22.1 Å². The molecule has 0 saturated heterocycles. The Kier molecular flexibility index (Phi) is 4.54. The van der Waals surface area contributed by atoms with Crippen molar-refractivity contribution < 1.29 is 0 Å². The van der Waals surface area contributed by atoms with Crippen LogP contribution in [0.25, 0.3) is 0 Å². The molecule has 0 aliphatic rings. The second kappa shape index (κ2) is 6.15. The Bertz CT molecular complexity index is 456. The summed E-state index contributed by atoms with van der Waals surface area (Å²) in [4.78, 5) is 5.41. The molecule has 2 rings (SSSR count). The number of halogens is 1. The maximum Gasteiger partial charge on any atom is 0.0794 e. The third kappa shape index (κ3) is 3.80. The van der Waals surface area contributed by atoms with E-state index >= 15 is 0 Å². The predicted molar refractivity (Wildman–Crippen MR) is 73.8 cm³/mol. The smallest absolute Gasteiger partial charge is 0.0794 e. The van der Waals surface area contributed by atoms with Gasteiger partial charge in [-0.1, -0.05) is 23.7 Å². The molecule has 17 heavy (non-hydrogen) atoms. The van der Waals surface area contributed by atoms with Crippen molar-refractivity contribution in [1.82, 2.24) is 10.3 Å². The van der Waals surface area contributed by atoms with Crippen molar-refractivity contribution in [2.75, 3.05) is 7.05 Å². The van der Waals surface area contributed by atoms with E-state index in [0.29, 0.717) is 6.04 Å². The molecule has 1 atom stereocenters. The van der Waals surface area contributed by atoms with Crippen LogP contribution < -0.4 is 5.32 Å². The lowest BCUT2D eigenvalue weighted by atomic mass is 10.0. The fraction of sp³-hybridized carbons (Fsp3) is 0.308. The molecule has 0 aliphatic carbocycles. The summed E-state index contributed by atoms with van der Waals surface area (Å²) in [6.07, 6.45) is 3.93. The van der Waals surface area contributed by atoms with Gasteiger partial charge in [0.1, 0.15) is 0 Å². The van der Waals surface area contributed by atoms with E-state index in [1.807, 2.05) is 37.0 Å². The molecular weight excluding hydrogens is 252 g/mol. The Morgan fingerprint density at radius 2 is 2.29 bits per heavy atom. The highest BCUT2D eigenvalue weighted by Gasteiger charge is 2.09. The van der Waals surface area contributed by atoms with Crippen LogP contribution in [0.4, 0.5) is 0 Å². The zero-order valence-corrected chi connectivity index (χ0v) is 11.3. The molecule has 0 saturated carbocycles. The largest absolute Gasteiger partial charge is 0.316 e. The van der Waals surface area contributed by atoms with Gasteiger partial charge in [-0.2, -0.15) is 0 Å². The van der Waals surface area contributed by atoms with E-state index in [2.05, 4.69) is 16.4 Å². The number of aromatic nitrogens is 1. The molecule has 90 valence electrons. The Morgan fingerprint density at radius 3 is 2.94 bits per heavy atom. The summed E-state index contributed by atoms with van der Waals surface area (Å²) < 4.78 is 0. The summed E-state index contributed by atoms with van der Waals surface area (Å²) in [5, 5.41) is 4.15. The van der Waals surface area contributed by atoms with E-state index in [1.54, 1.807) is 11.3 Å². The highest BCUT2D eigenvalue weighted by atomic mass is 35.5. The van der Waals surface area contributed by atoms with Crippen LogP contribution in [0.2, 0.25) is 5.02 Å². The van der Waals surface area contributed by atoms with Gasteiger partial charge in [-0.05, 0) is 37.6 Å². The van der Waals surface area contributed by atoms with Gasteiger partial charge in [0.15, 0.2) is 0 Å². The minimum atomic E-state index is 0.425. The standard InChI is InChI=1S/C13H15ClN2S/c1-15-12(7-13-8-16-9-17-13)6-10-3-2-4-11(14)5-10/h2-5,8-9,12,15H,6-7H2,1H3. The number of hydrogen-bond donors (Lipinski definition) is 1. The SMILES string of the molecule is CNC(Cc1cccc(Cl)c1)Cc1cncs1. The fourth-order valence-corrected chi connectivity index (χ4v) is 2.70. The Balaban J connectivity index is 2.00. The molecule has 0 radical (unpaired) electrons. The van der Waals surface area contributed by atoms with Crippen LogP contribution in [0.1, 0.15) is 10.4 Å². The third-order valence-electron chi connectivity index (χ3n) is 2.71. The molecule has 1 N–H and O–H groups in total. The molecule has 0 fully saturated rings. The Labute approximate surface area is 111 Å². The zero-order valence-electron chi connectivity index (χ0n) is 9.69. The second-order valence-electron chi connectivity index (χ2n) is 3.99. The normalized spacial score (nSPS) is 12.6. The number of likely N-dealkylation sites (N-methyl/N-ethyl adjacent to an activating group) is 1. The van der Waals surface area contributed by atoms with E-state index < -0.39 is 0 Å². The monoisotopic (exact) mass is 266 g/mol. The molecule has 2 nitrogen and oxygen atoms in total. The van der Waals surface area contributed by atoms with Crippen LogP contribution in [0.3, 0.4) is 0 Å². The lowest BCUT2D eigenvalue weighted by Crippen LogP contribution is -2.29. The number of hydrogen-bond acceptors (Lipinski definition) is 3. The Hall–Kier alpha value is -0.900. The fourth-order valence-electron chi connectivity index (χ4n) is 1.81. The average molecular weight is 267 g/mol. The van der Waals surface area contributed by atoms with E-state index in [0.717, 1.165) is 17.9 Å². The lowest BCUT2D eigenvalue weighted by molar-refractivity contribution is 0.560. The van der Waals surface area contributed by atoms with Crippen molar-refractivity contribution in [3.05, 3.63) is 51.4 Å². The molecule has 0 bridgehead atoms. The number of benzene rings is 1. The van der Waals surface area contributed by atoms with Gasteiger partial charge in [0.05, 0.1) is 5.51 Å². The van der Waals surface area contributed by atoms with Crippen LogP contribution in [0.5, 0.6) is 0 Å². The third-order valence-corrected chi connectivity index (χ3v) is 3.75. The molecule has 1 aromatic heterocycles. The second-order valence-corrected chi connectivity index (χ2v) is 5.40. The first-order chi connectivity index (χ1) is 8.28. The van der Waals surface area contributed by atoms with Gasteiger partial charge >= 0.3 is 0 Å². The summed E-state index contributed by atoms with van der Waals surface area (Å²) in [6.45, 7) is 0. The molecule has 2 aromatic rings. The van der Waals surface area contributed by atoms with Crippen LogP contribution in [0, 0.1) is 0 Å². The van der Waals surface area contributed by atoms with Gasteiger partial charge in [0.2, 0.25) is 0 Å². The molecule has 0 aliphatic heterocycles. The van der Waals surface area contributed by atoms with Gasteiger partial charge in [-0.25, -0.2) is 0 Å². The van der Waals surface area contributed by atoms with Crippen molar-refractivity contribution in [3.8, 4) is 0 Å². The number of rotatable bonds is 5. The first-order valence-electron chi connectivity index (χ1n) is 5.57. The highest BCUT2D eigenvalue weighted by Crippen LogP contribution is 2.15. The molecule has 4 heteroatoms.